The van der Waals surface area contributed by atoms with Crippen molar-refractivity contribution in [1.29, 1.82) is 0 Å². The topological polar surface area (TPSA) is 84.9 Å². The Kier molecular flexibility index (Phi) is 6.70. The minimum Gasteiger partial charge on any atom is -0.496 e. The zero-order valence-corrected chi connectivity index (χ0v) is 16.8. The summed E-state index contributed by atoms with van der Waals surface area (Å²) in [6, 6.07) is 20.5. The number of carbonyl (C=O) groups is 2. The third-order valence-electron chi connectivity index (χ3n) is 4.75. The van der Waals surface area contributed by atoms with Gasteiger partial charge in [-0.1, -0.05) is 48.5 Å². The summed E-state index contributed by atoms with van der Waals surface area (Å²) < 4.78 is 10.9. The van der Waals surface area contributed by atoms with Gasteiger partial charge in [0.1, 0.15) is 17.5 Å². The summed E-state index contributed by atoms with van der Waals surface area (Å²) in [5.41, 5.74) is 2.91. The maximum Gasteiger partial charge on any atom is 0.326 e. The summed E-state index contributed by atoms with van der Waals surface area (Å²) >= 11 is 0. The van der Waals surface area contributed by atoms with Crippen LogP contribution < -0.4 is 14.8 Å². The first-order valence-corrected chi connectivity index (χ1v) is 9.42. The van der Waals surface area contributed by atoms with Crippen LogP contribution in [0.15, 0.2) is 72.8 Å². The Morgan fingerprint density at radius 1 is 0.867 bits per heavy atom. The number of carboxylic acid groups (broad SMARTS) is 1. The van der Waals surface area contributed by atoms with Crippen molar-refractivity contribution in [2.75, 3.05) is 14.2 Å². The van der Waals surface area contributed by atoms with Crippen LogP contribution in [0.2, 0.25) is 0 Å². The molecule has 6 heteroatoms. The number of amides is 1. The van der Waals surface area contributed by atoms with E-state index in [1.165, 1.54) is 0 Å². The number of carbonyl (C=O) groups excluding carboxylic acids is 1. The van der Waals surface area contributed by atoms with Crippen LogP contribution in [0.4, 0.5) is 0 Å². The number of hydrogen-bond acceptors (Lipinski definition) is 4. The summed E-state index contributed by atoms with van der Waals surface area (Å²) in [7, 11) is 3.19. The second-order valence-corrected chi connectivity index (χ2v) is 6.67. The molecule has 3 aromatic rings. The van der Waals surface area contributed by atoms with Crippen molar-refractivity contribution in [3.8, 4) is 22.6 Å². The fraction of sp³-hybridized carbons (Fsp3) is 0.167. The molecule has 0 spiro atoms. The van der Waals surface area contributed by atoms with Crippen molar-refractivity contribution in [2.24, 2.45) is 0 Å². The highest BCUT2D eigenvalue weighted by molar-refractivity contribution is 5.96. The van der Waals surface area contributed by atoms with Gasteiger partial charge in [0.05, 0.1) is 19.8 Å². The Labute approximate surface area is 175 Å². The van der Waals surface area contributed by atoms with E-state index in [2.05, 4.69) is 5.32 Å². The first-order valence-electron chi connectivity index (χ1n) is 9.42. The lowest BCUT2D eigenvalue weighted by molar-refractivity contribution is -0.139. The van der Waals surface area contributed by atoms with Crippen molar-refractivity contribution >= 4 is 11.9 Å². The van der Waals surface area contributed by atoms with Gasteiger partial charge in [-0.2, -0.15) is 0 Å². The molecule has 1 unspecified atom stereocenters. The average molecular weight is 405 g/mol. The van der Waals surface area contributed by atoms with Crippen molar-refractivity contribution in [2.45, 2.75) is 12.5 Å². The SMILES string of the molecule is COc1cccc(OC)c1-c1ccc(CC(NC(=O)c2ccccc2)C(=O)O)cc1. The van der Waals surface area contributed by atoms with Crippen LogP contribution in [0.25, 0.3) is 11.1 Å². The molecule has 2 N–H and O–H groups in total. The van der Waals surface area contributed by atoms with E-state index < -0.39 is 17.9 Å². The Morgan fingerprint density at radius 2 is 1.47 bits per heavy atom. The molecule has 0 bridgehead atoms. The molecule has 0 aliphatic carbocycles. The molecule has 0 aliphatic rings. The zero-order chi connectivity index (χ0) is 21.5. The third-order valence-corrected chi connectivity index (χ3v) is 4.75. The summed E-state index contributed by atoms with van der Waals surface area (Å²) in [6.45, 7) is 0. The second-order valence-electron chi connectivity index (χ2n) is 6.67. The molecule has 0 radical (unpaired) electrons. The molecule has 0 saturated heterocycles. The van der Waals surface area contributed by atoms with E-state index >= 15 is 0 Å². The maximum absolute atomic E-state index is 12.3. The minimum absolute atomic E-state index is 0.164. The molecule has 6 nitrogen and oxygen atoms in total. The minimum atomic E-state index is -1.09. The van der Waals surface area contributed by atoms with E-state index in [1.807, 2.05) is 42.5 Å². The van der Waals surface area contributed by atoms with Gasteiger partial charge in [0, 0.05) is 12.0 Å². The lowest BCUT2D eigenvalue weighted by Crippen LogP contribution is -2.42. The quantitative estimate of drug-likeness (QED) is 0.596. The normalized spacial score (nSPS) is 11.4. The second kappa shape index (κ2) is 9.60. The number of carboxylic acids is 1. The molecule has 154 valence electrons. The van der Waals surface area contributed by atoms with Gasteiger partial charge in [-0.25, -0.2) is 4.79 Å². The maximum atomic E-state index is 12.3. The van der Waals surface area contributed by atoms with Crippen LogP contribution in [0.3, 0.4) is 0 Å². The van der Waals surface area contributed by atoms with Crippen molar-refractivity contribution in [3.63, 3.8) is 0 Å². The summed E-state index contributed by atoms with van der Waals surface area (Å²) in [6.07, 6.45) is 0.164. The Bertz CT molecular complexity index is 993. The van der Waals surface area contributed by atoms with Gasteiger partial charge in [-0.05, 0) is 35.4 Å². The standard InChI is InChI=1S/C24H23NO5/c1-29-20-9-6-10-21(30-2)22(20)17-13-11-16(12-14-17)15-19(24(27)28)25-23(26)18-7-4-3-5-8-18/h3-14,19H,15H2,1-2H3,(H,25,26)(H,27,28). The number of hydrogen-bond donors (Lipinski definition) is 2. The Balaban J connectivity index is 1.79. The lowest BCUT2D eigenvalue weighted by atomic mass is 9.99. The predicted octanol–water partition coefficient (Wildman–Crippen LogP) is 3.80. The van der Waals surface area contributed by atoms with Crippen LogP contribution in [-0.4, -0.2) is 37.2 Å². The van der Waals surface area contributed by atoms with Crippen molar-refractivity contribution in [1.82, 2.24) is 5.32 Å². The van der Waals surface area contributed by atoms with Gasteiger partial charge in [0.2, 0.25) is 0 Å². The highest BCUT2D eigenvalue weighted by Gasteiger charge is 2.21. The molecule has 0 aromatic heterocycles. The molecule has 30 heavy (non-hydrogen) atoms. The lowest BCUT2D eigenvalue weighted by Gasteiger charge is -2.16. The van der Waals surface area contributed by atoms with E-state index in [1.54, 1.807) is 44.6 Å². The highest BCUT2D eigenvalue weighted by atomic mass is 16.5. The highest BCUT2D eigenvalue weighted by Crippen LogP contribution is 2.38. The van der Waals surface area contributed by atoms with Gasteiger partial charge in [0.15, 0.2) is 0 Å². The molecule has 0 saturated carbocycles. The molecular weight excluding hydrogens is 382 g/mol. The first-order chi connectivity index (χ1) is 14.5. The van der Waals surface area contributed by atoms with Crippen LogP contribution in [0, 0.1) is 0 Å². The van der Waals surface area contributed by atoms with Crippen LogP contribution in [-0.2, 0) is 11.2 Å². The van der Waals surface area contributed by atoms with E-state index in [4.69, 9.17) is 9.47 Å². The molecule has 1 amide bonds. The molecule has 0 aliphatic heterocycles. The number of methoxy groups -OCH3 is 2. The molecular formula is C24H23NO5. The fourth-order valence-corrected chi connectivity index (χ4v) is 3.21. The van der Waals surface area contributed by atoms with Gasteiger partial charge >= 0.3 is 5.97 Å². The smallest absolute Gasteiger partial charge is 0.326 e. The van der Waals surface area contributed by atoms with E-state index in [0.717, 1.165) is 16.7 Å². The molecule has 1 atom stereocenters. The van der Waals surface area contributed by atoms with Gasteiger partial charge < -0.3 is 19.9 Å². The number of rotatable bonds is 8. The molecule has 3 aromatic carbocycles. The largest absolute Gasteiger partial charge is 0.496 e. The van der Waals surface area contributed by atoms with Gasteiger partial charge in [0.25, 0.3) is 5.91 Å². The fourth-order valence-electron chi connectivity index (χ4n) is 3.21. The summed E-state index contributed by atoms with van der Waals surface area (Å²) in [5.74, 6) is -0.144. The van der Waals surface area contributed by atoms with Gasteiger partial charge in [-0.15, -0.1) is 0 Å². The number of nitrogens with one attached hydrogen (secondary N) is 1. The molecule has 0 heterocycles. The van der Waals surface area contributed by atoms with E-state index in [9.17, 15) is 14.7 Å². The van der Waals surface area contributed by atoms with Crippen LogP contribution in [0.1, 0.15) is 15.9 Å². The van der Waals surface area contributed by atoms with Gasteiger partial charge in [-0.3, -0.25) is 4.79 Å². The number of aliphatic carboxylic acids is 1. The zero-order valence-electron chi connectivity index (χ0n) is 16.8. The Morgan fingerprint density at radius 3 is 2.00 bits per heavy atom. The summed E-state index contributed by atoms with van der Waals surface area (Å²) in [4.78, 5) is 24.0. The first kappa shape index (κ1) is 20.9. The third kappa shape index (κ3) is 4.78. The summed E-state index contributed by atoms with van der Waals surface area (Å²) in [5, 5.41) is 12.1. The van der Waals surface area contributed by atoms with E-state index in [-0.39, 0.29) is 6.42 Å². The van der Waals surface area contributed by atoms with Crippen LogP contribution >= 0.6 is 0 Å². The average Bonchev–Trinajstić information content (AvgIpc) is 2.79. The van der Waals surface area contributed by atoms with E-state index in [0.29, 0.717) is 17.1 Å². The molecule has 3 rings (SSSR count). The Hall–Kier alpha value is -3.80. The van der Waals surface area contributed by atoms with Crippen molar-refractivity contribution in [3.05, 3.63) is 83.9 Å². The monoisotopic (exact) mass is 405 g/mol. The number of benzene rings is 3. The van der Waals surface area contributed by atoms with Crippen LogP contribution in [0.5, 0.6) is 11.5 Å². The predicted molar refractivity (Wildman–Crippen MR) is 114 cm³/mol. The molecule has 0 fully saturated rings. The number of ether oxygens (including phenoxy) is 2. The van der Waals surface area contributed by atoms with Crippen molar-refractivity contribution < 1.29 is 24.2 Å².